The number of para-hydroxylation sites is 1. The van der Waals surface area contributed by atoms with Gasteiger partial charge in [0.2, 0.25) is 0 Å². The zero-order valence-electron chi connectivity index (χ0n) is 15.7. The van der Waals surface area contributed by atoms with Crippen LogP contribution in [0, 0.1) is 0 Å². The average Bonchev–Trinajstić information content (AvgIpc) is 3.25. The van der Waals surface area contributed by atoms with E-state index in [9.17, 15) is 4.79 Å². The number of ether oxygens (including phenoxy) is 2. The zero-order valence-corrected chi connectivity index (χ0v) is 15.7. The molecule has 1 aromatic heterocycles. The van der Waals surface area contributed by atoms with Gasteiger partial charge in [0.25, 0.3) is 5.91 Å². The van der Waals surface area contributed by atoms with Crippen molar-refractivity contribution in [3.63, 3.8) is 0 Å². The molecular formula is C22H23N3O3. The zero-order chi connectivity index (χ0) is 19.3. The van der Waals surface area contributed by atoms with Crippen LogP contribution in [0.4, 0.5) is 0 Å². The standard InChI is InChI=1S/C22H23N3O3/c1-27-21-11-12-28-14-20(21)24-22(26)17-9-7-16(8-10-17)19-13-25(15-23-19)18-5-3-2-4-6-18/h2-10,13,15,20-21H,11-12,14H2,1H3,(H,24,26)/t20-,21-/m1/s1. The van der Waals surface area contributed by atoms with Crippen molar-refractivity contribution in [2.45, 2.75) is 18.6 Å². The molecule has 0 spiro atoms. The third-order valence-corrected chi connectivity index (χ3v) is 4.99. The summed E-state index contributed by atoms with van der Waals surface area (Å²) in [6.07, 6.45) is 4.54. The summed E-state index contributed by atoms with van der Waals surface area (Å²) in [5.74, 6) is -0.126. The lowest BCUT2D eigenvalue weighted by molar-refractivity contribution is -0.0349. The molecule has 1 aliphatic heterocycles. The SMILES string of the molecule is CO[C@@H]1CCOC[C@H]1NC(=O)c1ccc(-c2cn(-c3ccccc3)cn2)cc1. The lowest BCUT2D eigenvalue weighted by Crippen LogP contribution is -2.50. The molecule has 4 rings (SSSR count). The first-order valence-corrected chi connectivity index (χ1v) is 9.36. The summed E-state index contributed by atoms with van der Waals surface area (Å²) >= 11 is 0. The average molecular weight is 377 g/mol. The Balaban J connectivity index is 1.45. The van der Waals surface area contributed by atoms with Crippen LogP contribution in [0.3, 0.4) is 0 Å². The number of nitrogens with one attached hydrogen (secondary N) is 1. The van der Waals surface area contributed by atoms with Crippen LogP contribution in [0.25, 0.3) is 16.9 Å². The highest BCUT2D eigenvalue weighted by Crippen LogP contribution is 2.20. The van der Waals surface area contributed by atoms with Crippen LogP contribution in [-0.2, 0) is 9.47 Å². The van der Waals surface area contributed by atoms with Gasteiger partial charge in [-0.25, -0.2) is 4.98 Å². The minimum absolute atomic E-state index is 0.0149. The number of carbonyl (C=O) groups is 1. The molecule has 1 fully saturated rings. The van der Waals surface area contributed by atoms with Gasteiger partial charge >= 0.3 is 0 Å². The molecule has 2 atom stereocenters. The van der Waals surface area contributed by atoms with E-state index in [1.807, 2.05) is 65.4 Å². The maximum Gasteiger partial charge on any atom is 0.251 e. The second-order valence-corrected chi connectivity index (χ2v) is 6.80. The molecule has 6 heteroatoms. The largest absolute Gasteiger partial charge is 0.379 e. The van der Waals surface area contributed by atoms with Gasteiger partial charge in [-0.3, -0.25) is 4.79 Å². The van der Waals surface area contributed by atoms with Gasteiger partial charge in [-0.2, -0.15) is 0 Å². The van der Waals surface area contributed by atoms with Crippen molar-refractivity contribution in [1.29, 1.82) is 0 Å². The van der Waals surface area contributed by atoms with Crippen LogP contribution in [0.1, 0.15) is 16.8 Å². The van der Waals surface area contributed by atoms with Crippen LogP contribution in [-0.4, -0.2) is 47.9 Å². The van der Waals surface area contributed by atoms with Crippen LogP contribution in [0.2, 0.25) is 0 Å². The summed E-state index contributed by atoms with van der Waals surface area (Å²) in [5.41, 5.74) is 3.48. The van der Waals surface area contributed by atoms with Gasteiger partial charge < -0.3 is 19.4 Å². The summed E-state index contributed by atoms with van der Waals surface area (Å²) in [6, 6.07) is 17.4. The third-order valence-electron chi connectivity index (χ3n) is 4.99. The minimum atomic E-state index is -0.132. The molecule has 2 aromatic carbocycles. The number of hydrogen-bond donors (Lipinski definition) is 1. The van der Waals surface area contributed by atoms with Gasteiger partial charge in [0.15, 0.2) is 0 Å². The summed E-state index contributed by atoms with van der Waals surface area (Å²) in [4.78, 5) is 17.1. The Bertz CT molecular complexity index is 922. The maximum atomic E-state index is 12.6. The van der Waals surface area contributed by atoms with E-state index in [4.69, 9.17) is 9.47 Å². The Labute approximate surface area is 164 Å². The van der Waals surface area contributed by atoms with E-state index in [0.29, 0.717) is 18.8 Å². The van der Waals surface area contributed by atoms with Crippen molar-refractivity contribution in [2.24, 2.45) is 0 Å². The molecule has 0 bridgehead atoms. The van der Waals surface area contributed by atoms with E-state index in [2.05, 4.69) is 10.3 Å². The molecule has 0 aliphatic carbocycles. The smallest absolute Gasteiger partial charge is 0.251 e. The molecule has 2 heterocycles. The monoisotopic (exact) mass is 377 g/mol. The van der Waals surface area contributed by atoms with Gasteiger partial charge in [-0.15, -0.1) is 0 Å². The molecule has 3 aromatic rings. The summed E-state index contributed by atoms with van der Waals surface area (Å²) in [7, 11) is 1.67. The first-order chi connectivity index (χ1) is 13.7. The predicted molar refractivity (Wildman–Crippen MR) is 106 cm³/mol. The highest BCUT2D eigenvalue weighted by molar-refractivity contribution is 5.94. The molecule has 1 aliphatic rings. The number of nitrogens with zero attached hydrogens (tertiary/aromatic N) is 2. The van der Waals surface area contributed by atoms with Crippen molar-refractivity contribution in [3.05, 3.63) is 72.7 Å². The molecule has 1 N–H and O–H groups in total. The molecule has 1 saturated heterocycles. The fraction of sp³-hybridized carbons (Fsp3) is 0.273. The molecule has 28 heavy (non-hydrogen) atoms. The Kier molecular flexibility index (Phi) is 5.50. The Morgan fingerprint density at radius 2 is 1.96 bits per heavy atom. The summed E-state index contributed by atoms with van der Waals surface area (Å²) in [5, 5.41) is 3.01. The number of benzene rings is 2. The Morgan fingerprint density at radius 1 is 1.18 bits per heavy atom. The van der Waals surface area contributed by atoms with Crippen molar-refractivity contribution < 1.29 is 14.3 Å². The van der Waals surface area contributed by atoms with Crippen molar-refractivity contribution >= 4 is 5.91 Å². The van der Waals surface area contributed by atoms with Gasteiger partial charge in [0.1, 0.15) is 0 Å². The van der Waals surface area contributed by atoms with Crippen molar-refractivity contribution in [3.8, 4) is 16.9 Å². The first-order valence-electron chi connectivity index (χ1n) is 9.36. The van der Waals surface area contributed by atoms with Crippen molar-refractivity contribution in [1.82, 2.24) is 14.9 Å². The number of amides is 1. The van der Waals surface area contributed by atoms with E-state index in [1.54, 1.807) is 13.4 Å². The molecule has 0 radical (unpaired) electrons. The fourth-order valence-electron chi connectivity index (χ4n) is 3.39. The lowest BCUT2D eigenvalue weighted by Gasteiger charge is -2.31. The number of hydrogen-bond acceptors (Lipinski definition) is 4. The fourth-order valence-corrected chi connectivity index (χ4v) is 3.39. The lowest BCUT2D eigenvalue weighted by atomic mass is 10.0. The van der Waals surface area contributed by atoms with E-state index in [1.165, 1.54) is 0 Å². The Hall–Kier alpha value is -2.96. The van der Waals surface area contributed by atoms with E-state index < -0.39 is 0 Å². The molecule has 0 saturated carbocycles. The van der Waals surface area contributed by atoms with Crippen LogP contribution in [0.15, 0.2) is 67.1 Å². The minimum Gasteiger partial charge on any atom is -0.379 e. The van der Waals surface area contributed by atoms with E-state index in [0.717, 1.165) is 23.4 Å². The molecule has 0 unspecified atom stereocenters. The number of carbonyl (C=O) groups excluding carboxylic acids is 1. The number of aromatic nitrogens is 2. The topological polar surface area (TPSA) is 65.4 Å². The first kappa shape index (κ1) is 18.4. The second-order valence-electron chi connectivity index (χ2n) is 6.80. The van der Waals surface area contributed by atoms with Crippen LogP contribution >= 0.6 is 0 Å². The highest BCUT2D eigenvalue weighted by Gasteiger charge is 2.27. The highest BCUT2D eigenvalue weighted by atomic mass is 16.5. The van der Waals surface area contributed by atoms with Gasteiger partial charge in [-0.1, -0.05) is 30.3 Å². The quantitative estimate of drug-likeness (QED) is 0.742. The van der Waals surface area contributed by atoms with Crippen LogP contribution in [0.5, 0.6) is 0 Å². The van der Waals surface area contributed by atoms with Gasteiger partial charge in [0.05, 0.1) is 30.8 Å². The van der Waals surface area contributed by atoms with Crippen LogP contribution < -0.4 is 5.32 Å². The van der Waals surface area contributed by atoms with Gasteiger partial charge in [-0.05, 0) is 30.7 Å². The maximum absolute atomic E-state index is 12.6. The van der Waals surface area contributed by atoms with Crippen molar-refractivity contribution in [2.75, 3.05) is 20.3 Å². The summed E-state index contributed by atoms with van der Waals surface area (Å²) in [6.45, 7) is 1.13. The van der Waals surface area contributed by atoms with Gasteiger partial charge in [0, 0.05) is 36.7 Å². The Morgan fingerprint density at radius 3 is 2.71 bits per heavy atom. The molecular weight excluding hydrogens is 354 g/mol. The summed E-state index contributed by atoms with van der Waals surface area (Å²) < 4.78 is 12.9. The van der Waals surface area contributed by atoms with E-state index in [-0.39, 0.29) is 18.1 Å². The van der Waals surface area contributed by atoms with E-state index >= 15 is 0 Å². The molecule has 1 amide bonds. The molecule has 144 valence electrons. The second kappa shape index (κ2) is 8.37. The normalized spacial score (nSPS) is 19.3. The predicted octanol–water partition coefficient (Wildman–Crippen LogP) is 3.07. The third kappa shape index (κ3) is 3.98. The molecule has 6 nitrogen and oxygen atoms in total. The number of rotatable bonds is 5. The number of methoxy groups -OCH3 is 1. The number of imidazole rings is 1.